The predicted molar refractivity (Wildman–Crippen MR) is 118 cm³/mol. The molecule has 0 saturated carbocycles. The molecule has 0 radical (unpaired) electrons. The van der Waals surface area contributed by atoms with Gasteiger partial charge >= 0.3 is 5.69 Å². The van der Waals surface area contributed by atoms with Gasteiger partial charge in [-0.1, -0.05) is 76.7 Å². The van der Waals surface area contributed by atoms with Crippen LogP contribution in [0.15, 0.2) is 39.9 Å². The molecule has 0 unspecified atom stereocenters. The topological polar surface area (TPSA) is 114 Å². The van der Waals surface area contributed by atoms with E-state index in [9.17, 15) is 14.4 Å². The van der Waals surface area contributed by atoms with Crippen LogP contribution in [0, 0.1) is 0 Å². The minimum Gasteiger partial charge on any atom is -0.383 e. The Bertz CT molecular complexity index is 1260. The lowest BCUT2D eigenvalue weighted by Crippen LogP contribution is -2.39. The minimum absolute atomic E-state index is 0.0783. The molecule has 156 valence electrons. The highest BCUT2D eigenvalue weighted by molar-refractivity contribution is 6.52. The Balaban J connectivity index is 2.10. The van der Waals surface area contributed by atoms with E-state index in [2.05, 4.69) is 9.97 Å². The van der Waals surface area contributed by atoms with Gasteiger partial charge in [-0.25, -0.2) is 9.78 Å². The van der Waals surface area contributed by atoms with Gasteiger partial charge in [-0.15, -0.1) is 0 Å². The van der Waals surface area contributed by atoms with E-state index in [4.69, 9.17) is 52.1 Å². The molecule has 0 aliphatic rings. The predicted octanol–water partition coefficient (Wildman–Crippen LogP) is 3.45. The van der Waals surface area contributed by atoms with E-state index >= 15 is 0 Å². The Labute approximate surface area is 189 Å². The molecule has 3 rings (SSSR count). The van der Waals surface area contributed by atoms with Gasteiger partial charge in [0.1, 0.15) is 11.0 Å². The summed E-state index contributed by atoms with van der Waals surface area (Å²) in [5.41, 5.74) is 4.67. The number of H-pyrrole nitrogens is 1. The molecular formula is C18H13Cl4N5O3. The molecule has 0 aliphatic heterocycles. The smallest absolute Gasteiger partial charge is 0.330 e. The summed E-state index contributed by atoms with van der Waals surface area (Å²) in [6.45, 7) is 0.0783. The molecule has 0 saturated heterocycles. The van der Waals surface area contributed by atoms with Crippen LogP contribution in [-0.2, 0) is 6.54 Å². The number of anilines is 2. The second kappa shape index (κ2) is 8.69. The van der Waals surface area contributed by atoms with Gasteiger partial charge in [0.2, 0.25) is 0 Å². The van der Waals surface area contributed by atoms with Crippen molar-refractivity contribution < 1.29 is 4.79 Å². The summed E-state index contributed by atoms with van der Waals surface area (Å²) in [7, 11) is 1.27. The number of aromatic nitrogens is 3. The van der Waals surface area contributed by atoms with E-state index < -0.39 is 17.2 Å². The number of nitrogen functional groups attached to an aromatic ring is 1. The lowest BCUT2D eigenvalue weighted by molar-refractivity contribution is 0.0988. The van der Waals surface area contributed by atoms with Crippen LogP contribution in [0.4, 0.5) is 11.5 Å². The molecule has 30 heavy (non-hydrogen) atoms. The number of amides is 1. The highest BCUT2D eigenvalue weighted by Gasteiger charge is 2.27. The van der Waals surface area contributed by atoms with E-state index in [0.29, 0.717) is 0 Å². The summed E-state index contributed by atoms with van der Waals surface area (Å²) >= 11 is 23.8. The van der Waals surface area contributed by atoms with Gasteiger partial charge in [0.05, 0.1) is 21.6 Å². The van der Waals surface area contributed by atoms with Crippen molar-refractivity contribution in [2.24, 2.45) is 0 Å². The monoisotopic (exact) mass is 487 g/mol. The lowest BCUT2D eigenvalue weighted by atomic mass is 10.2. The summed E-state index contributed by atoms with van der Waals surface area (Å²) < 4.78 is 1.13. The molecule has 0 aliphatic carbocycles. The molecule has 0 bridgehead atoms. The Hall–Kier alpha value is -2.52. The average molecular weight is 489 g/mol. The average Bonchev–Trinajstić information content (AvgIpc) is 2.72. The van der Waals surface area contributed by atoms with Crippen LogP contribution in [0.3, 0.4) is 0 Å². The number of rotatable bonds is 4. The van der Waals surface area contributed by atoms with E-state index in [1.54, 1.807) is 24.3 Å². The third kappa shape index (κ3) is 4.04. The van der Waals surface area contributed by atoms with E-state index in [0.717, 1.165) is 15.0 Å². The number of carbonyl (C=O) groups is 1. The van der Waals surface area contributed by atoms with Crippen molar-refractivity contribution in [1.29, 1.82) is 0 Å². The Kier molecular flexibility index (Phi) is 6.42. The van der Waals surface area contributed by atoms with Crippen LogP contribution in [0.5, 0.6) is 0 Å². The zero-order chi connectivity index (χ0) is 22.2. The van der Waals surface area contributed by atoms with Crippen molar-refractivity contribution in [3.8, 4) is 0 Å². The van der Waals surface area contributed by atoms with Gasteiger partial charge in [-0.2, -0.15) is 0 Å². The first kappa shape index (κ1) is 22.2. The van der Waals surface area contributed by atoms with Gasteiger partial charge in [-0.3, -0.25) is 19.1 Å². The number of hydrogen-bond donors (Lipinski definition) is 2. The number of halogens is 4. The Morgan fingerprint density at radius 2 is 1.73 bits per heavy atom. The first-order valence-corrected chi connectivity index (χ1v) is 9.79. The third-order valence-corrected chi connectivity index (χ3v) is 5.90. The second-order valence-electron chi connectivity index (χ2n) is 6.12. The van der Waals surface area contributed by atoms with Crippen molar-refractivity contribution in [2.75, 3.05) is 17.7 Å². The number of nitrogens with one attached hydrogen (secondary N) is 1. The van der Waals surface area contributed by atoms with E-state index in [1.165, 1.54) is 7.05 Å². The highest BCUT2D eigenvalue weighted by atomic mass is 35.5. The van der Waals surface area contributed by atoms with Crippen LogP contribution < -0.4 is 21.9 Å². The van der Waals surface area contributed by atoms with Crippen molar-refractivity contribution in [1.82, 2.24) is 14.5 Å². The van der Waals surface area contributed by atoms with Crippen molar-refractivity contribution in [2.45, 2.75) is 6.54 Å². The quantitative estimate of drug-likeness (QED) is 0.546. The maximum Gasteiger partial charge on any atom is 0.330 e. The molecule has 1 amide bonds. The first-order valence-electron chi connectivity index (χ1n) is 8.28. The maximum atomic E-state index is 13.0. The summed E-state index contributed by atoms with van der Waals surface area (Å²) in [4.78, 5) is 44.6. The summed E-state index contributed by atoms with van der Waals surface area (Å²) in [6, 6.07) is 8.97. The van der Waals surface area contributed by atoms with Crippen LogP contribution in [-0.4, -0.2) is 27.5 Å². The fourth-order valence-corrected chi connectivity index (χ4v) is 3.52. The zero-order valence-corrected chi connectivity index (χ0v) is 18.3. The van der Waals surface area contributed by atoms with Gasteiger partial charge in [0, 0.05) is 7.05 Å². The molecular weight excluding hydrogens is 476 g/mol. The normalized spacial score (nSPS) is 10.8. The van der Waals surface area contributed by atoms with E-state index in [-0.39, 0.29) is 44.0 Å². The molecule has 0 spiro atoms. The zero-order valence-electron chi connectivity index (χ0n) is 15.2. The first-order chi connectivity index (χ1) is 14.1. The number of nitrogens with zero attached hydrogens (tertiary/aromatic N) is 3. The molecule has 12 heteroatoms. The summed E-state index contributed by atoms with van der Waals surface area (Å²) in [5, 5.41) is -0.753. The maximum absolute atomic E-state index is 13.0. The molecule has 3 aromatic rings. The number of nitrogens with two attached hydrogens (primary N) is 1. The minimum atomic E-state index is -0.861. The lowest BCUT2D eigenvalue weighted by Gasteiger charge is -2.21. The molecule has 8 nitrogen and oxygen atoms in total. The van der Waals surface area contributed by atoms with Crippen molar-refractivity contribution in [3.63, 3.8) is 0 Å². The molecule has 1 aromatic carbocycles. The molecule has 0 fully saturated rings. The van der Waals surface area contributed by atoms with Crippen molar-refractivity contribution in [3.05, 3.63) is 82.6 Å². The largest absolute Gasteiger partial charge is 0.383 e. The van der Waals surface area contributed by atoms with Crippen molar-refractivity contribution >= 4 is 63.8 Å². The molecule has 0 atom stereocenters. The molecule has 2 heterocycles. The number of carbonyl (C=O) groups excluding carboxylic acids is 1. The fourth-order valence-electron chi connectivity index (χ4n) is 2.71. The summed E-state index contributed by atoms with van der Waals surface area (Å²) in [5.74, 6) is -1.05. The molecule has 2 aromatic heterocycles. The van der Waals surface area contributed by atoms with Crippen LogP contribution in [0.2, 0.25) is 20.2 Å². The number of hydrogen-bond acceptors (Lipinski definition) is 5. The summed E-state index contributed by atoms with van der Waals surface area (Å²) in [6.07, 6.45) is 0. The standard InChI is InChI=1S/C18H13Cl4N5O3/c1-26(17(29)12-10(20)9(19)11(21)14(22)24-12)13-15(23)27(18(30)25-16(13)28)7-8-5-3-2-4-6-8/h2-6H,7,23H2,1H3,(H,25,28,30). The van der Waals surface area contributed by atoms with Gasteiger partial charge < -0.3 is 10.6 Å². The van der Waals surface area contributed by atoms with Crippen LogP contribution >= 0.6 is 46.4 Å². The second-order valence-corrected chi connectivity index (χ2v) is 7.61. The third-order valence-electron chi connectivity index (χ3n) is 4.22. The van der Waals surface area contributed by atoms with E-state index in [1.807, 2.05) is 6.07 Å². The highest BCUT2D eigenvalue weighted by Crippen LogP contribution is 2.36. The number of benzene rings is 1. The fraction of sp³-hybridized carbons (Fsp3) is 0.111. The van der Waals surface area contributed by atoms with Gasteiger partial charge in [0.15, 0.2) is 11.4 Å². The number of pyridine rings is 1. The van der Waals surface area contributed by atoms with Crippen LogP contribution in [0.1, 0.15) is 16.1 Å². The van der Waals surface area contributed by atoms with Gasteiger partial charge in [-0.05, 0) is 5.56 Å². The Morgan fingerprint density at radius 3 is 2.37 bits per heavy atom. The SMILES string of the molecule is CN(C(=O)c1nc(Cl)c(Cl)c(Cl)c1Cl)c1c(N)n(Cc2ccccc2)c(=O)[nH]c1=O. The van der Waals surface area contributed by atoms with Gasteiger partial charge in [0.25, 0.3) is 11.5 Å². The number of aromatic amines is 1. The Morgan fingerprint density at radius 1 is 1.10 bits per heavy atom. The van der Waals surface area contributed by atoms with Crippen LogP contribution in [0.25, 0.3) is 0 Å². The molecule has 3 N–H and O–H groups in total.